The Morgan fingerprint density at radius 2 is 1.17 bits per heavy atom. The lowest BCUT2D eigenvalue weighted by Crippen LogP contribution is -2.41. The Morgan fingerprint density at radius 1 is 0.621 bits per heavy atom. The van der Waals surface area contributed by atoms with Gasteiger partial charge in [0.15, 0.2) is 0 Å². The summed E-state index contributed by atoms with van der Waals surface area (Å²) in [5.41, 5.74) is 1.93. The molecule has 148 valence electrons. The summed E-state index contributed by atoms with van der Waals surface area (Å²) in [6.07, 6.45) is 0. The van der Waals surface area contributed by atoms with Crippen molar-refractivity contribution in [2.75, 3.05) is 6.54 Å². The zero-order valence-corrected chi connectivity index (χ0v) is 15.9. The number of para-hydroxylation sites is 1. The second kappa shape index (κ2) is 10.5. The molecule has 0 bridgehead atoms. The van der Waals surface area contributed by atoms with Crippen molar-refractivity contribution in [2.24, 2.45) is 0 Å². The Bertz CT molecular complexity index is 913. The van der Waals surface area contributed by atoms with E-state index >= 15 is 0 Å². The van der Waals surface area contributed by atoms with Gasteiger partial charge in [0.2, 0.25) is 5.91 Å². The first-order valence-corrected chi connectivity index (χ1v) is 9.33. The SMILES string of the molecule is O=C(CNC(=O)NCc1ccc(Oc2ccccc2)cc1)NCc1ccccc1. The molecule has 3 aromatic rings. The highest BCUT2D eigenvalue weighted by atomic mass is 16.5. The van der Waals surface area contributed by atoms with Gasteiger partial charge in [-0.15, -0.1) is 0 Å². The van der Waals surface area contributed by atoms with Crippen molar-refractivity contribution in [2.45, 2.75) is 13.1 Å². The summed E-state index contributed by atoms with van der Waals surface area (Å²) < 4.78 is 5.73. The minimum Gasteiger partial charge on any atom is -0.457 e. The van der Waals surface area contributed by atoms with Crippen molar-refractivity contribution in [3.8, 4) is 11.5 Å². The molecular formula is C23H23N3O3. The first-order valence-electron chi connectivity index (χ1n) is 9.33. The summed E-state index contributed by atoms with van der Waals surface area (Å²) in [5.74, 6) is 1.24. The predicted molar refractivity (Wildman–Crippen MR) is 111 cm³/mol. The second-order valence-electron chi connectivity index (χ2n) is 6.36. The fourth-order valence-electron chi connectivity index (χ4n) is 2.56. The molecule has 0 fully saturated rings. The average molecular weight is 389 g/mol. The maximum atomic E-state index is 11.9. The van der Waals surface area contributed by atoms with Crippen molar-refractivity contribution in [3.63, 3.8) is 0 Å². The molecule has 3 amide bonds. The third-order valence-electron chi connectivity index (χ3n) is 4.10. The number of urea groups is 1. The highest BCUT2D eigenvalue weighted by Gasteiger charge is 2.05. The highest BCUT2D eigenvalue weighted by Crippen LogP contribution is 2.20. The molecule has 0 aromatic heterocycles. The van der Waals surface area contributed by atoms with Crippen LogP contribution in [0.15, 0.2) is 84.9 Å². The Balaban J connectivity index is 1.35. The first-order chi connectivity index (χ1) is 14.2. The summed E-state index contributed by atoms with van der Waals surface area (Å²) in [5, 5.41) is 8.03. The topological polar surface area (TPSA) is 79.5 Å². The number of rotatable bonds is 8. The van der Waals surface area contributed by atoms with E-state index in [-0.39, 0.29) is 12.5 Å². The third kappa shape index (κ3) is 7.03. The third-order valence-corrected chi connectivity index (χ3v) is 4.10. The van der Waals surface area contributed by atoms with E-state index < -0.39 is 6.03 Å². The molecule has 0 aliphatic heterocycles. The fourth-order valence-corrected chi connectivity index (χ4v) is 2.56. The van der Waals surface area contributed by atoms with Crippen LogP contribution in [0.3, 0.4) is 0 Å². The minimum absolute atomic E-state index is 0.0808. The molecule has 0 aliphatic carbocycles. The first kappa shape index (κ1) is 19.9. The molecule has 29 heavy (non-hydrogen) atoms. The van der Waals surface area contributed by atoms with Gasteiger partial charge in [-0.2, -0.15) is 0 Å². The zero-order valence-electron chi connectivity index (χ0n) is 15.9. The van der Waals surface area contributed by atoms with Gasteiger partial charge in [0.1, 0.15) is 11.5 Å². The maximum Gasteiger partial charge on any atom is 0.315 e. The van der Waals surface area contributed by atoms with Gasteiger partial charge in [0.25, 0.3) is 0 Å². The van der Waals surface area contributed by atoms with Crippen LogP contribution in [-0.2, 0) is 17.9 Å². The van der Waals surface area contributed by atoms with Gasteiger partial charge in [0.05, 0.1) is 6.54 Å². The maximum absolute atomic E-state index is 11.9. The summed E-state index contributed by atoms with van der Waals surface area (Å²) in [6.45, 7) is 0.700. The van der Waals surface area contributed by atoms with E-state index in [2.05, 4.69) is 16.0 Å². The van der Waals surface area contributed by atoms with Crippen LogP contribution in [0, 0.1) is 0 Å². The number of carbonyl (C=O) groups is 2. The van der Waals surface area contributed by atoms with Gasteiger partial charge in [0, 0.05) is 13.1 Å². The van der Waals surface area contributed by atoms with Crippen molar-refractivity contribution in [1.82, 2.24) is 16.0 Å². The molecule has 3 rings (SSSR count). The Hall–Kier alpha value is -3.80. The molecule has 0 unspecified atom stereocenters. The zero-order chi connectivity index (χ0) is 20.3. The summed E-state index contributed by atoms with van der Waals surface area (Å²) in [6, 6.07) is 26.2. The molecule has 0 heterocycles. The largest absolute Gasteiger partial charge is 0.457 e. The summed E-state index contributed by atoms with van der Waals surface area (Å²) in [4.78, 5) is 23.7. The van der Waals surface area contributed by atoms with Gasteiger partial charge in [-0.05, 0) is 35.4 Å². The average Bonchev–Trinajstić information content (AvgIpc) is 2.77. The van der Waals surface area contributed by atoms with Gasteiger partial charge in [-0.25, -0.2) is 4.79 Å². The number of nitrogens with one attached hydrogen (secondary N) is 3. The lowest BCUT2D eigenvalue weighted by Gasteiger charge is -2.09. The van der Waals surface area contributed by atoms with Crippen molar-refractivity contribution in [3.05, 3.63) is 96.1 Å². The number of hydrogen-bond donors (Lipinski definition) is 3. The van der Waals surface area contributed by atoms with Crippen LogP contribution in [0.25, 0.3) is 0 Å². The molecule has 0 saturated heterocycles. The van der Waals surface area contributed by atoms with Gasteiger partial charge in [-0.1, -0.05) is 60.7 Å². The van der Waals surface area contributed by atoms with Crippen molar-refractivity contribution in [1.29, 1.82) is 0 Å². The van der Waals surface area contributed by atoms with Crippen LogP contribution >= 0.6 is 0 Å². The van der Waals surface area contributed by atoms with Gasteiger partial charge < -0.3 is 20.7 Å². The Labute approximate surface area is 169 Å². The van der Waals surface area contributed by atoms with E-state index in [1.807, 2.05) is 84.9 Å². The molecule has 6 nitrogen and oxygen atoms in total. The number of hydrogen-bond acceptors (Lipinski definition) is 3. The molecular weight excluding hydrogens is 366 g/mol. The standard InChI is InChI=1S/C23H23N3O3/c27-22(24-15-18-7-3-1-4-8-18)17-26-23(28)25-16-19-11-13-21(14-12-19)29-20-9-5-2-6-10-20/h1-14H,15-17H2,(H,24,27)(H2,25,26,28). The fraction of sp³-hybridized carbons (Fsp3) is 0.130. The lowest BCUT2D eigenvalue weighted by molar-refractivity contribution is -0.120. The molecule has 0 spiro atoms. The molecule has 0 aliphatic rings. The molecule has 0 saturated carbocycles. The molecule has 0 atom stereocenters. The molecule has 6 heteroatoms. The molecule has 3 N–H and O–H groups in total. The second-order valence-corrected chi connectivity index (χ2v) is 6.36. The monoisotopic (exact) mass is 389 g/mol. The normalized spacial score (nSPS) is 10.1. The number of amides is 3. The van der Waals surface area contributed by atoms with Crippen LogP contribution < -0.4 is 20.7 Å². The smallest absolute Gasteiger partial charge is 0.315 e. The van der Waals surface area contributed by atoms with Crippen LogP contribution in [0.1, 0.15) is 11.1 Å². The van der Waals surface area contributed by atoms with Crippen molar-refractivity contribution >= 4 is 11.9 Å². The van der Waals surface area contributed by atoms with Crippen LogP contribution in [0.5, 0.6) is 11.5 Å². The lowest BCUT2D eigenvalue weighted by atomic mass is 10.2. The molecule has 0 radical (unpaired) electrons. The minimum atomic E-state index is -0.399. The summed E-state index contributed by atoms with van der Waals surface area (Å²) >= 11 is 0. The van der Waals surface area contributed by atoms with Gasteiger partial charge >= 0.3 is 6.03 Å². The van der Waals surface area contributed by atoms with E-state index in [4.69, 9.17) is 4.74 Å². The molecule has 3 aromatic carbocycles. The van der Waals surface area contributed by atoms with Crippen LogP contribution in [-0.4, -0.2) is 18.5 Å². The Morgan fingerprint density at radius 3 is 1.86 bits per heavy atom. The van der Waals surface area contributed by atoms with E-state index in [0.29, 0.717) is 13.1 Å². The summed E-state index contributed by atoms with van der Waals surface area (Å²) in [7, 11) is 0. The Kier molecular flexibility index (Phi) is 7.23. The number of ether oxygens (including phenoxy) is 1. The number of carbonyl (C=O) groups excluding carboxylic acids is 2. The predicted octanol–water partition coefficient (Wildman–Crippen LogP) is 3.59. The quantitative estimate of drug-likeness (QED) is 0.551. The highest BCUT2D eigenvalue weighted by molar-refractivity contribution is 5.83. The van der Waals surface area contributed by atoms with Crippen LogP contribution in [0.2, 0.25) is 0 Å². The van der Waals surface area contributed by atoms with E-state index in [1.165, 1.54) is 0 Å². The van der Waals surface area contributed by atoms with E-state index in [1.54, 1.807) is 0 Å². The van der Waals surface area contributed by atoms with Gasteiger partial charge in [-0.3, -0.25) is 4.79 Å². The van der Waals surface area contributed by atoms with E-state index in [0.717, 1.165) is 22.6 Å². The number of benzene rings is 3. The van der Waals surface area contributed by atoms with E-state index in [9.17, 15) is 9.59 Å². The van der Waals surface area contributed by atoms with Crippen LogP contribution in [0.4, 0.5) is 4.79 Å². The van der Waals surface area contributed by atoms with Crippen molar-refractivity contribution < 1.29 is 14.3 Å².